The van der Waals surface area contributed by atoms with E-state index in [1.54, 1.807) is 0 Å². The molecule has 6 heteroatoms. The summed E-state index contributed by atoms with van der Waals surface area (Å²) in [5, 5.41) is 7.27. The monoisotopic (exact) mass is 350 g/mol. The Bertz CT molecular complexity index is 502. The smallest absolute Gasteiger partial charge is 0.222 e. The van der Waals surface area contributed by atoms with Gasteiger partial charge in [0.2, 0.25) is 5.91 Å². The van der Waals surface area contributed by atoms with Crippen LogP contribution in [0.4, 0.5) is 0 Å². The number of aliphatic imine (C=N–C) groups is 1. The van der Waals surface area contributed by atoms with Crippen LogP contribution in [-0.4, -0.2) is 61.7 Å². The first-order valence-electron chi connectivity index (χ1n) is 10.0. The van der Waals surface area contributed by atoms with Crippen LogP contribution in [0, 0.1) is 5.41 Å². The van der Waals surface area contributed by atoms with E-state index >= 15 is 0 Å². The van der Waals surface area contributed by atoms with Crippen molar-refractivity contribution in [1.82, 2.24) is 15.5 Å². The van der Waals surface area contributed by atoms with Gasteiger partial charge in [-0.25, -0.2) is 0 Å². The summed E-state index contributed by atoms with van der Waals surface area (Å²) < 4.78 is 6.02. The summed E-state index contributed by atoms with van der Waals surface area (Å²) in [6.45, 7) is 6.46. The number of rotatable bonds is 5. The van der Waals surface area contributed by atoms with Crippen LogP contribution in [0.2, 0.25) is 0 Å². The van der Waals surface area contributed by atoms with Crippen molar-refractivity contribution >= 4 is 11.9 Å². The van der Waals surface area contributed by atoms with E-state index < -0.39 is 0 Å². The van der Waals surface area contributed by atoms with E-state index in [1.807, 2.05) is 11.9 Å². The summed E-state index contributed by atoms with van der Waals surface area (Å²) in [7, 11) is 1.88. The summed E-state index contributed by atoms with van der Waals surface area (Å²) >= 11 is 0. The van der Waals surface area contributed by atoms with E-state index in [1.165, 1.54) is 25.7 Å². The van der Waals surface area contributed by atoms with Crippen molar-refractivity contribution in [1.29, 1.82) is 0 Å². The first-order valence-corrected chi connectivity index (χ1v) is 10.0. The number of carbonyl (C=O) groups excluding carboxylic acids is 1. The lowest BCUT2D eigenvalue weighted by atomic mass is 9.60. The van der Waals surface area contributed by atoms with Gasteiger partial charge in [0, 0.05) is 50.7 Å². The molecule has 6 nitrogen and oxygen atoms in total. The van der Waals surface area contributed by atoms with Crippen LogP contribution in [0.1, 0.15) is 58.8 Å². The number of hydrogen-bond donors (Lipinski definition) is 2. The Morgan fingerprint density at radius 3 is 2.72 bits per heavy atom. The third-order valence-electron chi connectivity index (χ3n) is 6.28. The molecule has 3 rings (SSSR count). The van der Waals surface area contributed by atoms with Crippen molar-refractivity contribution in [3.8, 4) is 0 Å². The largest absolute Gasteiger partial charge is 0.378 e. The highest BCUT2D eigenvalue weighted by Crippen LogP contribution is 2.54. The quantitative estimate of drug-likeness (QED) is 0.587. The van der Waals surface area contributed by atoms with Gasteiger partial charge >= 0.3 is 0 Å². The number of likely N-dealkylation sites (tertiary alicyclic amines) is 1. The van der Waals surface area contributed by atoms with Gasteiger partial charge in [-0.15, -0.1) is 0 Å². The molecule has 2 aliphatic carbocycles. The van der Waals surface area contributed by atoms with Crippen LogP contribution in [0.5, 0.6) is 0 Å². The molecule has 0 radical (unpaired) electrons. The van der Waals surface area contributed by atoms with Crippen LogP contribution in [-0.2, 0) is 9.53 Å². The van der Waals surface area contributed by atoms with Gasteiger partial charge in [0.05, 0.1) is 6.10 Å². The second-order valence-electron chi connectivity index (χ2n) is 7.79. The highest BCUT2D eigenvalue weighted by Gasteiger charge is 2.57. The van der Waals surface area contributed by atoms with Gasteiger partial charge in [-0.05, 0) is 39.5 Å². The van der Waals surface area contributed by atoms with Crippen molar-refractivity contribution in [3.05, 3.63) is 0 Å². The molecule has 142 valence electrons. The zero-order valence-electron chi connectivity index (χ0n) is 16.0. The van der Waals surface area contributed by atoms with Gasteiger partial charge in [-0.2, -0.15) is 0 Å². The summed E-state index contributed by atoms with van der Waals surface area (Å²) in [5.41, 5.74) is 0.297. The molecule has 3 atom stereocenters. The molecular weight excluding hydrogens is 316 g/mol. The topological polar surface area (TPSA) is 66.0 Å². The van der Waals surface area contributed by atoms with E-state index in [9.17, 15) is 4.79 Å². The SMILES string of the molecule is CCN=C(NC1CCC(=O)N(C)C1)NC1CC(OCC)C12CCCC2. The lowest BCUT2D eigenvalue weighted by Crippen LogP contribution is -2.66. The highest BCUT2D eigenvalue weighted by molar-refractivity contribution is 5.81. The molecule has 3 aliphatic rings. The molecule has 1 saturated heterocycles. The maximum absolute atomic E-state index is 11.7. The number of piperidine rings is 1. The van der Waals surface area contributed by atoms with Crippen molar-refractivity contribution < 1.29 is 9.53 Å². The van der Waals surface area contributed by atoms with Crippen LogP contribution in [0.25, 0.3) is 0 Å². The molecule has 1 amide bonds. The summed E-state index contributed by atoms with van der Waals surface area (Å²) in [6, 6.07) is 0.732. The van der Waals surface area contributed by atoms with Crippen LogP contribution in [0.3, 0.4) is 0 Å². The van der Waals surface area contributed by atoms with E-state index in [2.05, 4.69) is 29.5 Å². The van der Waals surface area contributed by atoms with Crippen LogP contribution >= 0.6 is 0 Å². The van der Waals surface area contributed by atoms with E-state index in [0.717, 1.165) is 38.5 Å². The molecule has 1 aliphatic heterocycles. The molecule has 2 N–H and O–H groups in total. The predicted octanol–water partition coefficient (Wildman–Crippen LogP) is 1.90. The number of hydrogen-bond acceptors (Lipinski definition) is 3. The number of likely N-dealkylation sites (N-methyl/N-ethyl adjacent to an activating group) is 1. The molecule has 3 fully saturated rings. The van der Waals surface area contributed by atoms with Crippen molar-refractivity contribution in [2.24, 2.45) is 10.4 Å². The number of carbonyl (C=O) groups is 1. The minimum atomic E-state index is 0.239. The van der Waals surface area contributed by atoms with E-state index in [-0.39, 0.29) is 11.9 Å². The molecule has 1 heterocycles. The fourth-order valence-electron chi connectivity index (χ4n) is 4.87. The van der Waals surface area contributed by atoms with E-state index in [0.29, 0.717) is 24.0 Å². The van der Waals surface area contributed by atoms with Gasteiger partial charge < -0.3 is 20.3 Å². The second-order valence-corrected chi connectivity index (χ2v) is 7.79. The maximum Gasteiger partial charge on any atom is 0.222 e. The zero-order valence-corrected chi connectivity index (χ0v) is 16.0. The Labute approximate surface area is 151 Å². The highest BCUT2D eigenvalue weighted by atomic mass is 16.5. The zero-order chi connectivity index (χ0) is 17.9. The summed E-state index contributed by atoms with van der Waals surface area (Å²) in [6.07, 6.45) is 8.11. The molecule has 1 spiro atoms. The van der Waals surface area contributed by atoms with Crippen LogP contribution in [0.15, 0.2) is 4.99 Å². The summed E-state index contributed by atoms with van der Waals surface area (Å²) in [5.74, 6) is 1.14. The lowest BCUT2D eigenvalue weighted by Gasteiger charge is -2.54. The maximum atomic E-state index is 11.7. The molecular formula is C19H34N4O2. The van der Waals surface area contributed by atoms with Crippen LogP contribution < -0.4 is 10.6 Å². The van der Waals surface area contributed by atoms with Crippen molar-refractivity contribution in [3.63, 3.8) is 0 Å². The van der Waals surface area contributed by atoms with Gasteiger partial charge in [-0.3, -0.25) is 9.79 Å². The molecule has 0 aromatic carbocycles. The third kappa shape index (κ3) is 3.78. The number of nitrogens with zero attached hydrogens (tertiary/aromatic N) is 2. The second kappa shape index (κ2) is 7.94. The Morgan fingerprint density at radius 1 is 1.32 bits per heavy atom. The number of guanidine groups is 1. The first-order chi connectivity index (χ1) is 12.1. The Morgan fingerprint density at radius 2 is 2.08 bits per heavy atom. The molecule has 0 bridgehead atoms. The van der Waals surface area contributed by atoms with Gasteiger partial charge in [0.25, 0.3) is 0 Å². The Hall–Kier alpha value is -1.30. The Balaban J connectivity index is 1.60. The molecule has 2 saturated carbocycles. The van der Waals surface area contributed by atoms with Gasteiger partial charge in [0.1, 0.15) is 0 Å². The summed E-state index contributed by atoms with van der Waals surface area (Å²) in [4.78, 5) is 18.2. The minimum Gasteiger partial charge on any atom is -0.378 e. The fraction of sp³-hybridized carbons (Fsp3) is 0.895. The fourth-order valence-corrected chi connectivity index (χ4v) is 4.87. The lowest BCUT2D eigenvalue weighted by molar-refractivity contribution is -0.132. The normalized spacial score (nSPS) is 32.0. The van der Waals surface area contributed by atoms with Gasteiger partial charge in [0.15, 0.2) is 5.96 Å². The minimum absolute atomic E-state index is 0.239. The standard InChI is InChI=1S/C19H34N4O2/c1-4-20-18(21-14-8-9-17(24)23(3)13-14)22-15-12-16(25-5-2)19(15)10-6-7-11-19/h14-16H,4-13H2,1-3H3,(H2,20,21,22). The van der Waals surface area contributed by atoms with Crippen molar-refractivity contribution in [2.75, 3.05) is 26.7 Å². The Kier molecular flexibility index (Phi) is 5.87. The molecule has 3 unspecified atom stereocenters. The molecule has 0 aromatic heterocycles. The number of amides is 1. The average molecular weight is 351 g/mol. The predicted molar refractivity (Wildman–Crippen MR) is 99.6 cm³/mol. The molecule has 25 heavy (non-hydrogen) atoms. The van der Waals surface area contributed by atoms with Gasteiger partial charge in [-0.1, -0.05) is 12.8 Å². The van der Waals surface area contributed by atoms with E-state index in [4.69, 9.17) is 4.74 Å². The third-order valence-corrected chi connectivity index (χ3v) is 6.28. The molecule has 0 aromatic rings. The number of nitrogens with one attached hydrogen (secondary N) is 2. The number of ether oxygens (including phenoxy) is 1. The first kappa shape index (κ1) is 18.5. The van der Waals surface area contributed by atoms with Crippen molar-refractivity contribution in [2.45, 2.75) is 77.0 Å². The average Bonchev–Trinajstić information content (AvgIpc) is 3.10.